The molecule has 1 fully saturated rings. The van der Waals surface area contributed by atoms with Crippen LogP contribution in [0.2, 0.25) is 0 Å². The van der Waals surface area contributed by atoms with Crippen LogP contribution >= 0.6 is 0 Å². The Morgan fingerprint density at radius 1 is 1.11 bits per heavy atom. The van der Waals surface area contributed by atoms with Gasteiger partial charge in [0.2, 0.25) is 0 Å². The van der Waals surface area contributed by atoms with E-state index in [9.17, 15) is 9.50 Å². The van der Waals surface area contributed by atoms with Gasteiger partial charge in [-0.1, -0.05) is 25.7 Å². The molecule has 0 amide bonds. The van der Waals surface area contributed by atoms with Crippen LogP contribution in [0.5, 0.6) is 5.75 Å². The summed E-state index contributed by atoms with van der Waals surface area (Å²) < 4.78 is 19.3. The van der Waals surface area contributed by atoms with Gasteiger partial charge in [0, 0.05) is 18.1 Å². The summed E-state index contributed by atoms with van der Waals surface area (Å²) in [7, 11) is 0. The van der Waals surface area contributed by atoms with Gasteiger partial charge >= 0.3 is 0 Å². The average molecular weight is 264 g/mol. The van der Waals surface area contributed by atoms with Gasteiger partial charge in [-0.05, 0) is 30.9 Å². The van der Waals surface area contributed by atoms with E-state index in [-0.39, 0.29) is 11.9 Å². The number of hydrogen-bond donors (Lipinski definition) is 1. The lowest BCUT2D eigenvalue weighted by Gasteiger charge is -2.34. The summed E-state index contributed by atoms with van der Waals surface area (Å²) in [5.41, 5.74) is 0.728. The van der Waals surface area contributed by atoms with E-state index in [0.717, 1.165) is 5.56 Å². The summed E-state index contributed by atoms with van der Waals surface area (Å²) in [6.45, 7) is 0. The standard InChI is InChI=1S/C16H21FO2/c17-12-7-8-13-14(18)10-15(19-16(13)9-12)11-5-3-1-2-4-6-11/h7-9,11,14-15,18H,1-6,10H2/t14-,15?/m0/s1. The van der Waals surface area contributed by atoms with Gasteiger partial charge < -0.3 is 9.84 Å². The van der Waals surface area contributed by atoms with Gasteiger partial charge in [0.05, 0.1) is 6.10 Å². The van der Waals surface area contributed by atoms with Crippen LogP contribution < -0.4 is 4.74 Å². The largest absolute Gasteiger partial charge is 0.490 e. The van der Waals surface area contributed by atoms with Crippen molar-refractivity contribution in [1.29, 1.82) is 0 Å². The van der Waals surface area contributed by atoms with E-state index in [1.54, 1.807) is 6.07 Å². The molecule has 3 heteroatoms. The third-order valence-electron chi connectivity index (χ3n) is 4.49. The van der Waals surface area contributed by atoms with Crippen LogP contribution in [0, 0.1) is 11.7 Å². The number of ether oxygens (including phenoxy) is 1. The predicted molar refractivity (Wildman–Crippen MR) is 71.6 cm³/mol. The van der Waals surface area contributed by atoms with Crippen LogP contribution in [0.4, 0.5) is 4.39 Å². The molecule has 1 aliphatic carbocycles. The number of hydrogen-bond acceptors (Lipinski definition) is 2. The van der Waals surface area contributed by atoms with Crippen LogP contribution in [-0.4, -0.2) is 11.2 Å². The number of benzene rings is 1. The maximum Gasteiger partial charge on any atom is 0.128 e. The Hall–Kier alpha value is -1.09. The third kappa shape index (κ3) is 2.76. The Bertz CT molecular complexity index is 438. The van der Waals surface area contributed by atoms with Gasteiger partial charge in [-0.15, -0.1) is 0 Å². The van der Waals surface area contributed by atoms with Crippen LogP contribution in [0.1, 0.15) is 56.6 Å². The van der Waals surface area contributed by atoms with Gasteiger partial charge in [-0.25, -0.2) is 4.39 Å². The highest BCUT2D eigenvalue weighted by Gasteiger charge is 2.32. The van der Waals surface area contributed by atoms with Crippen molar-refractivity contribution >= 4 is 0 Å². The van der Waals surface area contributed by atoms with Gasteiger partial charge in [-0.3, -0.25) is 0 Å². The first-order chi connectivity index (χ1) is 9.24. The Morgan fingerprint density at radius 2 is 1.84 bits per heavy atom. The highest BCUT2D eigenvalue weighted by atomic mass is 19.1. The number of aliphatic hydroxyl groups excluding tert-OH is 1. The van der Waals surface area contributed by atoms with Crippen molar-refractivity contribution in [3.63, 3.8) is 0 Å². The number of halogens is 1. The molecule has 2 atom stereocenters. The van der Waals surface area contributed by atoms with Crippen LogP contribution in [-0.2, 0) is 0 Å². The molecule has 104 valence electrons. The van der Waals surface area contributed by atoms with Crippen molar-refractivity contribution in [3.8, 4) is 5.75 Å². The number of rotatable bonds is 1. The van der Waals surface area contributed by atoms with Crippen molar-refractivity contribution in [2.24, 2.45) is 5.92 Å². The SMILES string of the molecule is O[C@H]1CC(C2CCCCCC2)Oc2cc(F)ccc21. The highest BCUT2D eigenvalue weighted by Crippen LogP contribution is 2.40. The zero-order valence-electron chi connectivity index (χ0n) is 11.1. The van der Waals surface area contributed by atoms with Crippen molar-refractivity contribution in [3.05, 3.63) is 29.6 Å². The molecule has 0 saturated heterocycles. The summed E-state index contributed by atoms with van der Waals surface area (Å²) in [5.74, 6) is 0.744. The molecule has 0 spiro atoms. The first kappa shape index (κ1) is 12.9. The molecule has 1 N–H and O–H groups in total. The lowest BCUT2D eigenvalue weighted by atomic mass is 9.87. The summed E-state index contributed by atoms with van der Waals surface area (Å²) in [6, 6.07) is 4.43. The minimum atomic E-state index is -0.516. The second kappa shape index (κ2) is 5.49. The summed E-state index contributed by atoms with van der Waals surface area (Å²) in [5, 5.41) is 10.2. The zero-order valence-corrected chi connectivity index (χ0v) is 11.1. The molecule has 1 heterocycles. The third-order valence-corrected chi connectivity index (χ3v) is 4.49. The predicted octanol–water partition coefficient (Wildman–Crippen LogP) is 3.98. The molecule has 1 aromatic rings. The number of aliphatic hydroxyl groups is 1. The van der Waals surface area contributed by atoms with Crippen molar-refractivity contribution in [2.45, 2.75) is 57.2 Å². The smallest absolute Gasteiger partial charge is 0.128 e. The lowest BCUT2D eigenvalue weighted by Crippen LogP contribution is -2.32. The molecule has 19 heavy (non-hydrogen) atoms. The second-order valence-electron chi connectivity index (χ2n) is 5.84. The van der Waals surface area contributed by atoms with Crippen molar-refractivity contribution < 1.29 is 14.2 Å². The van der Waals surface area contributed by atoms with Gasteiger partial charge in [0.25, 0.3) is 0 Å². The molecular formula is C16H21FO2. The highest BCUT2D eigenvalue weighted by molar-refractivity contribution is 5.37. The Labute approximate surface area is 113 Å². The average Bonchev–Trinajstić information content (AvgIpc) is 2.66. The van der Waals surface area contributed by atoms with Gasteiger partial charge in [0.15, 0.2) is 0 Å². The molecule has 2 aliphatic rings. The van der Waals surface area contributed by atoms with Crippen LogP contribution in [0.3, 0.4) is 0 Å². The molecule has 0 bridgehead atoms. The maximum absolute atomic E-state index is 13.3. The van der Waals surface area contributed by atoms with E-state index < -0.39 is 6.10 Å². The molecule has 0 radical (unpaired) electrons. The van der Waals surface area contributed by atoms with Gasteiger partial charge in [0.1, 0.15) is 17.7 Å². The normalized spacial score (nSPS) is 28.3. The zero-order chi connectivity index (χ0) is 13.2. The second-order valence-corrected chi connectivity index (χ2v) is 5.84. The van der Waals surface area contributed by atoms with Crippen LogP contribution in [0.15, 0.2) is 18.2 Å². The molecule has 2 nitrogen and oxygen atoms in total. The first-order valence-electron chi connectivity index (χ1n) is 7.38. The van der Waals surface area contributed by atoms with E-state index in [4.69, 9.17) is 4.74 Å². The maximum atomic E-state index is 13.3. The van der Waals surface area contributed by atoms with Crippen LogP contribution in [0.25, 0.3) is 0 Å². The Balaban J connectivity index is 1.79. The quantitative estimate of drug-likeness (QED) is 0.777. The van der Waals surface area contributed by atoms with E-state index >= 15 is 0 Å². The van der Waals surface area contributed by atoms with E-state index in [0.29, 0.717) is 18.1 Å². The summed E-state index contributed by atoms with van der Waals surface area (Å²) in [6.07, 6.45) is 7.61. The Kier molecular flexibility index (Phi) is 3.74. The van der Waals surface area contributed by atoms with Gasteiger partial charge in [-0.2, -0.15) is 0 Å². The molecule has 1 saturated carbocycles. The topological polar surface area (TPSA) is 29.5 Å². The molecular weight excluding hydrogens is 243 g/mol. The minimum Gasteiger partial charge on any atom is -0.490 e. The fourth-order valence-electron chi connectivity index (χ4n) is 3.42. The fraction of sp³-hybridized carbons (Fsp3) is 0.625. The summed E-state index contributed by atoms with van der Waals surface area (Å²) in [4.78, 5) is 0. The fourth-order valence-corrected chi connectivity index (χ4v) is 3.42. The van der Waals surface area contributed by atoms with E-state index in [1.807, 2.05) is 0 Å². The van der Waals surface area contributed by atoms with Crippen molar-refractivity contribution in [1.82, 2.24) is 0 Å². The van der Waals surface area contributed by atoms with E-state index in [2.05, 4.69) is 0 Å². The molecule has 1 aliphatic heterocycles. The number of fused-ring (bicyclic) bond motifs is 1. The summed E-state index contributed by atoms with van der Waals surface area (Å²) >= 11 is 0. The first-order valence-corrected chi connectivity index (χ1v) is 7.38. The van der Waals surface area contributed by atoms with Crippen molar-refractivity contribution in [2.75, 3.05) is 0 Å². The molecule has 3 rings (SSSR count). The monoisotopic (exact) mass is 264 g/mol. The lowest BCUT2D eigenvalue weighted by molar-refractivity contribution is 0.0294. The Morgan fingerprint density at radius 3 is 2.58 bits per heavy atom. The van der Waals surface area contributed by atoms with E-state index in [1.165, 1.54) is 50.7 Å². The molecule has 0 aromatic heterocycles. The minimum absolute atomic E-state index is 0.0439. The molecule has 1 unspecified atom stereocenters. The molecule has 1 aromatic carbocycles.